The van der Waals surface area contributed by atoms with Gasteiger partial charge in [-0.15, -0.1) is 0 Å². The van der Waals surface area contributed by atoms with Crippen LogP contribution in [0.2, 0.25) is 0 Å². The molecule has 0 unspecified atom stereocenters. The van der Waals surface area contributed by atoms with E-state index in [1.807, 2.05) is 0 Å². The van der Waals surface area contributed by atoms with Crippen molar-refractivity contribution >= 4 is 26.2 Å². The SMILES string of the molecule is CC(C)c1cc(OS(=O)(=O)N(C)C)cc2c1C(=O)N(C)S2(=O)=O. The molecule has 1 heterocycles. The van der Waals surface area contributed by atoms with Crippen molar-refractivity contribution in [1.29, 1.82) is 0 Å². The third kappa shape index (κ3) is 2.81. The van der Waals surface area contributed by atoms with E-state index in [4.69, 9.17) is 4.18 Å². The normalized spacial score (nSPS) is 17.0. The van der Waals surface area contributed by atoms with E-state index < -0.39 is 26.2 Å². The second-order valence-electron chi connectivity index (χ2n) is 5.64. The Kier molecular flexibility index (Phi) is 4.20. The van der Waals surface area contributed by atoms with Crippen molar-refractivity contribution in [2.24, 2.45) is 0 Å². The minimum absolute atomic E-state index is 0.0668. The maximum atomic E-state index is 12.3. The van der Waals surface area contributed by atoms with E-state index in [1.54, 1.807) is 13.8 Å². The molecule has 0 N–H and O–H groups in total. The summed E-state index contributed by atoms with van der Waals surface area (Å²) in [5, 5.41) is 0. The largest absolute Gasteiger partial charge is 0.384 e. The van der Waals surface area contributed by atoms with Crippen LogP contribution in [-0.2, 0) is 20.3 Å². The van der Waals surface area contributed by atoms with Gasteiger partial charge in [-0.05, 0) is 17.5 Å². The fraction of sp³-hybridized carbons (Fsp3) is 0.462. The fourth-order valence-electron chi connectivity index (χ4n) is 2.16. The van der Waals surface area contributed by atoms with Crippen molar-refractivity contribution in [3.05, 3.63) is 23.3 Å². The van der Waals surface area contributed by atoms with Crippen LogP contribution in [0.1, 0.15) is 35.7 Å². The van der Waals surface area contributed by atoms with E-state index in [9.17, 15) is 21.6 Å². The molecule has 23 heavy (non-hydrogen) atoms. The van der Waals surface area contributed by atoms with Gasteiger partial charge in [0.2, 0.25) is 0 Å². The predicted molar refractivity (Wildman–Crippen MR) is 83.0 cm³/mol. The Labute approximate surface area is 136 Å². The highest BCUT2D eigenvalue weighted by atomic mass is 32.2. The second kappa shape index (κ2) is 5.46. The van der Waals surface area contributed by atoms with Crippen LogP contribution in [0.4, 0.5) is 0 Å². The van der Waals surface area contributed by atoms with E-state index in [0.717, 1.165) is 10.4 Å². The molecule has 0 fully saturated rings. The lowest BCUT2D eigenvalue weighted by molar-refractivity contribution is 0.0890. The first-order valence-corrected chi connectivity index (χ1v) is 9.53. The van der Waals surface area contributed by atoms with E-state index in [2.05, 4.69) is 0 Å². The molecule has 0 bridgehead atoms. The highest BCUT2D eigenvalue weighted by Gasteiger charge is 2.41. The zero-order valence-corrected chi connectivity index (χ0v) is 15.0. The average Bonchev–Trinajstić information content (AvgIpc) is 2.59. The first-order chi connectivity index (χ1) is 10.4. The van der Waals surface area contributed by atoms with Crippen molar-refractivity contribution in [3.63, 3.8) is 0 Å². The summed E-state index contributed by atoms with van der Waals surface area (Å²) in [5.74, 6) is -0.974. The lowest BCUT2D eigenvalue weighted by Gasteiger charge is -2.15. The van der Waals surface area contributed by atoms with E-state index in [-0.39, 0.29) is 22.1 Å². The lowest BCUT2D eigenvalue weighted by Crippen LogP contribution is -2.27. The first-order valence-electron chi connectivity index (χ1n) is 6.72. The summed E-state index contributed by atoms with van der Waals surface area (Å²) in [6, 6.07) is 2.45. The number of rotatable bonds is 4. The molecule has 1 aliphatic heterocycles. The molecular weight excluding hydrogens is 344 g/mol. The summed E-state index contributed by atoms with van der Waals surface area (Å²) in [5.41, 5.74) is 0.487. The van der Waals surface area contributed by atoms with Gasteiger partial charge in [-0.25, -0.2) is 12.7 Å². The Morgan fingerprint density at radius 3 is 2.26 bits per heavy atom. The second-order valence-corrected chi connectivity index (χ2v) is 9.33. The molecule has 0 saturated carbocycles. The van der Waals surface area contributed by atoms with Crippen molar-refractivity contribution in [3.8, 4) is 5.75 Å². The van der Waals surface area contributed by atoms with Crippen molar-refractivity contribution < 1.29 is 25.8 Å². The molecule has 1 amide bonds. The fourth-order valence-corrected chi connectivity index (χ4v) is 3.98. The number of hydrogen-bond acceptors (Lipinski definition) is 6. The van der Waals surface area contributed by atoms with Crippen LogP contribution in [0, 0.1) is 0 Å². The Balaban J connectivity index is 2.71. The molecule has 0 aromatic heterocycles. The van der Waals surface area contributed by atoms with Gasteiger partial charge >= 0.3 is 10.3 Å². The molecule has 0 spiro atoms. The maximum Gasteiger partial charge on any atom is 0.384 e. The monoisotopic (exact) mass is 362 g/mol. The molecule has 1 aromatic rings. The highest BCUT2D eigenvalue weighted by Crippen LogP contribution is 2.38. The number of carbonyl (C=O) groups excluding carboxylic acids is 1. The minimum atomic E-state index is -4.04. The van der Waals surface area contributed by atoms with Crippen molar-refractivity contribution in [2.75, 3.05) is 21.1 Å². The van der Waals surface area contributed by atoms with Crippen LogP contribution >= 0.6 is 0 Å². The van der Waals surface area contributed by atoms with Gasteiger partial charge < -0.3 is 4.18 Å². The van der Waals surface area contributed by atoms with Crippen LogP contribution in [0.3, 0.4) is 0 Å². The summed E-state index contributed by atoms with van der Waals surface area (Å²) < 4.78 is 54.8. The molecule has 0 radical (unpaired) electrons. The first kappa shape index (κ1) is 17.7. The van der Waals surface area contributed by atoms with Gasteiger partial charge in [-0.1, -0.05) is 13.8 Å². The number of sulfonamides is 1. The van der Waals surface area contributed by atoms with Crippen LogP contribution in [-0.4, -0.2) is 52.5 Å². The Bertz CT molecular complexity index is 872. The summed E-state index contributed by atoms with van der Waals surface area (Å²) in [4.78, 5) is 12.0. The van der Waals surface area contributed by atoms with E-state index in [0.29, 0.717) is 9.87 Å². The molecule has 0 saturated heterocycles. The van der Waals surface area contributed by atoms with Crippen molar-refractivity contribution in [2.45, 2.75) is 24.7 Å². The summed E-state index contributed by atoms with van der Waals surface area (Å²) >= 11 is 0. The molecule has 0 aliphatic carbocycles. The molecule has 2 rings (SSSR count). The number of amides is 1. The number of carbonyl (C=O) groups is 1. The molecule has 0 atom stereocenters. The molecule has 128 valence electrons. The lowest BCUT2D eigenvalue weighted by atomic mass is 9.96. The van der Waals surface area contributed by atoms with Crippen LogP contribution < -0.4 is 4.18 Å². The molecular formula is C13H18N2O6S2. The Morgan fingerprint density at radius 1 is 1.22 bits per heavy atom. The zero-order valence-electron chi connectivity index (χ0n) is 13.4. The average molecular weight is 362 g/mol. The predicted octanol–water partition coefficient (Wildman–Crippen LogP) is 0.770. The molecule has 1 aliphatic rings. The molecule has 10 heteroatoms. The summed E-state index contributed by atoms with van der Waals surface area (Å²) in [7, 11) is -4.28. The van der Waals surface area contributed by atoms with Crippen LogP contribution in [0.5, 0.6) is 5.75 Å². The van der Waals surface area contributed by atoms with Gasteiger partial charge in [-0.3, -0.25) is 4.79 Å². The molecule has 8 nitrogen and oxygen atoms in total. The van der Waals surface area contributed by atoms with Crippen LogP contribution in [0.25, 0.3) is 0 Å². The topological polar surface area (TPSA) is 101 Å². The third-order valence-corrected chi connectivity index (χ3v) is 6.58. The van der Waals surface area contributed by atoms with Gasteiger partial charge in [0.25, 0.3) is 15.9 Å². The summed E-state index contributed by atoms with van der Waals surface area (Å²) in [6.45, 7) is 3.55. The van der Waals surface area contributed by atoms with Crippen molar-refractivity contribution in [1.82, 2.24) is 8.61 Å². The van der Waals surface area contributed by atoms with Gasteiger partial charge in [0.1, 0.15) is 10.6 Å². The van der Waals surface area contributed by atoms with Gasteiger partial charge in [0, 0.05) is 27.2 Å². The van der Waals surface area contributed by atoms with Gasteiger partial charge in [0.15, 0.2) is 0 Å². The van der Waals surface area contributed by atoms with Gasteiger partial charge in [-0.2, -0.15) is 12.7 Å². The Morgan fingerprint density at radius 2 is 1.78 bits per heavy atom. The minimum Gasteiger partial charge on any atom is -0.371 e. The highest BCUT2D eigenvalue weighted by molar-refractivity contribution is 7.90. The number of benzene rings is 1. The number of nitrogens with zero attached hydrogens (tertiary/aromatic N) is 2. The Hall–Kier alpha value is -1.65. The van der Waals surface area contributed by atoms with Crippen LogP contribution in [0.15, 0.2) is 17.0 Å². The van der Waals surface area contributed by atoms with Gasteiger partial charge in [0.05, 0.1) is 5.56 Å². The number of hydrogen-bond donors (Lipinski definition) is 0. The third-order valence-electron chi connectivity index (χ3n) is 3.52. The van der Waals surface area contributed by atoms with E-state index in [1.165, 1.54) is 27.2 Å². The summed E-state index contributed by atoms with van der Waals surface area (Å²) in [6.07, 6.45) is 0. The molecule has 1 aromatic carbocycles. The maximum absolute atomic E-state index is 12.3. The smallest absolute Gasteiger partial charge is 0.371 e. The quantitative estimate of drug-likeness (QED) is 0.784. The van der Waals surface area contributed by atoms with E-state index >= 15 is 0 Å². The number of fused-ring (bicyclic) bond motifs is 1. The standard InChI is InChI=1S/C13H18N2O6S2/c1-8(2)10-6-9(21-23(19,20)14(3)4)7-11-12(10)13(16)15(5)22(11,17)18/h6-8H,1-5H3. The zero-order chi connectivity index (χ0) is 17.7.